The monoisotopic (exact) mass is 380 g/mol. The third kappa shape index (κ3) is 3.98. The predicted molar refractivity (Wildman–Crippen MR) is 97.9 cm³/mol. The molecule has 1 atom stereocenters. The number of hydrogen-bond acceptors (Lipinski definition) is 6. The molecule has 2 aliphatic heterocycles. The number of amides is 2. The van der Waals surface area contributed by atoms with Crippen molar-refractivity contribution < 1.29 is 18.0 Å². The van der Waals surface area contributed by atoms with Crippen LogP contribution in [-0.4, -0.2) is 85.8 Å². The van der Waals surface area contributed by atoms with Crippen LogP contribution in [0.25, 0.3) is 0 Å². The largest absolute Gasteiger partial charge is 0.367 e. The zero-order valence-corrected chi connectivity index (χ0v) is 15.7. The number of pyridine rings is 1. The molecule has 142 valence electrons. The van der Waals surface area contributed by atoms with E-state index in [1.807, 2.05) is 17.9 Å². The normalized spacial score (nSPS) is 22.3. The summed E-state index contributed by atoms with van der Waals surface area (Å²) in [5.41, 5.74) is 1.19. The standard InChI is InChI=1S/C17H24N4O4S/c1-2-21(15-5-10-26(24,25)12-15)14-3-4-16(18-11-14)17(23)20-8-6-19(13-22)7-9-20/h3-4,11,13,15H,2,5-10,12H2,1H3. The summed E-state index contributed by atoms with van der Waals surface area (Å²) < 4.78 is 23.5. The second kappa shape index (κ2) is 7.61. The lowest BCUT2D eigenvalue weighted by molar-refractivity contribution is -0.119. The molecule has 1 unspecified atom stereocenters. The molecular formula is C17H24N4O4S. The number of hydrogen-bond donors (Lipinski definition) is 0. The average Bonchev–Trinajstić information content (AvgIpc) is 3.02. The number of nitrogens with zero attached hydrogens (tertiary/aromatic N) is 4. The first-order chi connectivity index (χ1) is 12.4. The van der Waals surface area contributed by atoms with E-state index in [2.05, 4.69) is 4.98 Å². The summed E-state index contributed by atoms with van der Waals surface area (Å²) in [7, 11) is -2.95. The lowest BCUT2D eigenvalue weighted by Crippen LogP contribution is -2.48. The molecule has 2 aliphatic rings. The van der Waals surface area contributed by atoms with Crippen molar-refractivity contribution in [3.63, 3.8) is 0 Å². The third-order valence-electron chi connectivity index (χ3n) is 5.04. The first kappa shape index (κ1) is 18.6. The Bertz CT molecular complexity index is 757. The first-order valence-electron chi connectivity index (χ1n) is 8.85. The molecule has 0 aromatic carbocycles. The van der Waals surface area contributed by atoms with E-state index in [1.165, 1.54) is 0 Å². The van der Waals surface area contributed by atoms with E-state index in [4.69, 9.17) is 0 Å². The number of anilines is 1. The van der Waals surface area contributed by atoms with Crippen LogP contribution in [0.2, 0.25) is 0 Å². The fourth-order valence-corrected chi connectivity index (χ4v) is 5.28. The maximum Gasteiger partial charge on any atom is 0.272 e. The fraction of sp³-hybridized carbons (Fsp3) is 0.588. The van der Waals surface area contributed by atoms with Crippen LogP contribution < -0.4 is 4.90 Å². The minimum Gasteiger partial charge on any atom is -0.367 e. The van der Waals surface area contributed by atoms with Crippen molar-refractivity contribution in [2.75, 3.05) is 49.1 Å². The highest BCUT2D eigenvalue weighted by Crippen LogP contribution is 2.24. The van der Waals surface area contributed by atoms with Crippen LogP contribution in [0.3, 0.4) is 0 Å². The van der Waals surface area contributed by atoms with Crippen LogP contribution in [0.5, 0.6) is 0 Å². The van der Waals surface area contributed by atoms with Gasteiger partial charge in [0, 0.05) is 38.8 Å². The second-order valence-corrected chi connectivity index (χ2v) is 8.91. The van der Waals surface area contributed by atoms with Crippen molar-refractivity contribution in [1.29, 1.82) is 0 Å². The summed E-state index contributed by atoms with van der Waals surface area (Å²) in [6.45, 7) is 4.74. The van der Waals surface area contributed by atoms with Gasteiger partial charge in [0.15, 0.2) is 9.84 Å². The Morgan fingerprint density at radius 2 is 2.04 bits per heavy atom. The van der Waals surface area contributed by atoms with Crippen molar-refractivity contribution in [2.24, 2.45) is 0 Å². The molecule has 8 nitrogen and oxygen atoms in total. The zero-order valence-electron chi connectivity index (χ0n) is 14.9. The maximum absolute atomic E-state index is 12.6. The van der Waals surface area contributed by atoms with Crippen molar-refractivity contribution in [3.05, 3.63) is 24.0 Å². The Labute approximate surface area is 153 Å². The highest BCUT2D eigenvalue weighted by Gasteiger charge is 2.32. The van der Waals surface area contributed by atoms with E-state index in [-0.39, 0.29) is 23.5 Å². The van der Waals surface area contributed by atoms with Gasteiger partial charge in [-0.1, -0.05) is 0 Å². The third-order valence-corrected chi connectivity index (χ3v) is 6.79. The van der Waals surface area contributed by atoms with Crippen LogP contribution in [0.15, 0.2) is 18.3 Å². The molecule has 2 saturated heterocycles. The minimum absolute atomic E-state index is 0.0372. The molecule has 0 N–H and O–H groups in total. The number of carbonyl (C=O) groups is 2. The Kier molecular flexibility index (Phi) is 5.45. The molecule has 0 saturated carbocycles. The van der Waals surface area contributed by atoms with Gasteiger partial charge in [-0.3, -0.25) is 9.59 Å². The van der Waals surface area contributed by atoms with Crippen molar-refractivity contribution in [3.8, 4) is 0 Å². The van der Waals surface area contributed by atoms with Gasteiger partial charge in [0.25, 0.3) is 5.91 Å². The highest BCUT2D eigenvalue weighted by atomic mass is 32.2. The van der Waals surface area contributed by atoms with E-state index in [0.29, 0.717) is 44.8 Å². The highest BCUT2D eigenvalue weighted by molar-refractivity contribution is 7.91. The molecule has 0 spiro atoms. The Morgan fingerprint density at radius 3 is 2.54 bits per heavy atom. The van der Waals surface area contributed by atoms with Crippen LogP contribution in [0, 0.1) is 0 Å². The fourth-order valence-electron chi connectivity index (χ4n) is 3.55. The molecule has 3 rings (SSSR count). The van der Waals surface area contributed by atoms with Gasteiger partial charge in [0.2, 0.25) is 6.41 Å². The van der Waals surface area contributed by atoms with Crippen molar-refractivity contribution in [2.45, 2.75) is 19.4 Å². The topological polar surface area (TPSA) is 90.9 Å². The van der Waals surface area contributed by atoms with E-state index in [0.717, 1.165) is 12.1 Å². The van der Waals surface area contributed by atoms with E-state index in [9.17, 15) is 18.0 Å². The van der Waals surface area contributed by atoms with E-state index in [1.54, 1.807) is 22.1 Å². The molecule has 1 aromatic heterocycles. The summed E-state index contributed by atoms with van der Waals surface area (Å²) in [4.78, 5) is 33.0. The molecule has 0 radical (unpaired) electrons. The van der Waals surface area contributed by atoms with Gasteiger partial charge >= 0.3 is 0 Å². The molecule has 26 heavy (non-hydrogen) atoms. The van der Waals surface area contributed by atoms with Crippen LogP contribution in [-0.2, 0) is 14.6 Å². The average molecular weight is 380 g/mol. The van der Waals surface area contributed by atoms with Gasteiger partial charge in [-0.15, -0.1) is 0 Å². The van der Waals surface area contributed by atoms with Gasteiger partial charge in [-0.05, 0) is 25.5 Å². The Hall–Kier alpha value is -2.16. The Morgan fingerprint density at radius 1 is 1.31 bits per heavy atom. The summed E-state index contributed by atoms with van der Waals surface area (Å²) in [6.07, 6.45) is 3.07. The van der Waals surface area contributed by atoms with Gasteiger partial charge in [-0.25, -0.2) is 13.4 Å². The van der Waals surface area contributed by atoms with Crippen molar-refractivity contribution >= 4 is 27.8 Å². The summed E-state index contributed by atoms with van der Waals surface area (Å²) in [5, 5.41) is 0. The van der Waals surface area contributed by atoms with Crippen LogP contribution >= 0.6 is 0 Å². The summed E-state index contributed by atoms with van der Waals surface area (Å²) in [5.74, 6) is 0.251. The molecule has 3 heterocycles. The quantitative estimate of drug-likeness (QED) is 0.669. The lowest BCUT2D eigenvalue weighted by atomic mass is 10.2. The van der Waals surface area contributed by atoms with Crippen LogP contribution in [0.4, 0.5) is 5.69 Å². The minimum atomic E-state index is -2.95. The molecule has 2 fully saturated rings. The molecule has 2 amide bonds. The van der Waals surface area contributed by atoms with Gasteiger partial charge in [0.05, 0.1) is 23.4 Å². The van der Waals surface area contributed by atoms with Crippen molar-refractivity contribution in [1.82, 2.24) is 14.8 Å². The predicted octanol–water partition coefficient (Wildman–Crippen LogP) is 0.00920. The van der Waals surface area contributed by atoms with Crippen LogP contribution in [0.1, 0.15) is 23.8 Å². The second-order valence-electron chi connectivity index (χ2n) is 6.68. The number of piperazine rings is 1. The molecular weight excluding hydrogens is 356 g/mol. The molecule has 1 aromatic rings. The first-order valence-corrected chi connectivity index (χ1v) is 10.7. The van der Waals surface area contributed by atoms with E-state index < -0.39 is 9.84 Å². The van der Waals surface area contributed by atoms with Gasteiger partial charge in [-0.2, -0.15) is 0 Å². The SMILES string of the molecule is CCN(c1ccc(C(=O)N2CCN(C=O)CC2)nc1)C1CCS(=O)(=O)C1. The summed E-state index contributed by atoms with van der Waals surface area (Å²) in [6, 6.07) is 3.48. The number of rotatable bonds is 5. The maximum atomic E-state index is 12.6. The molecule has 0 aliphatic carbocycles. The zero-order chi connectivity index (χ0) is 18.7. The number of sulfone groups is 1. The molecule has 0 bridgehead atoms. The van der Waals surface area contributed by atoms with Gasteiger partial charge < -0.3 is 14.7 Å². The number of aromatic nitrogens is 1. The smallest absolute Gasteiger partial charge is 0.272 e. The summed E-state index contributed by atoms with van der Waals surface area (Å²) >= 11 is 0. The van der Waals surface area contributed by atoms with Gasteiger partial charge in [0.1, 0.15) is 5.69 Å². The molecule has 9 heteroatoms. The van der Waals surface area contributed by atoms with E-state index >= 15 is 0 Å². The number of carbonyl (C=O) groups excluding carboxylic acids is 2. The lowest BCUT2D eigenvalue weighted by Gasteiger charge is -2.32. The Balaban J connectivity index is 1.67.